The van der Waals surface area contributed by atoms with Crippen molar-refractivity contribution in [3.63, 3.8) is 0 Å². The molecule has 25 valence electrons. The van der Waals surface area contributed by atoms with E-state index >= 15 is 0 Å². The maximum absolute atomic E-state index is 2.72. The smallest absolute Gasteiger partial charge is 0.0942 e. The standard InChI is InChI=1S/BH6PSi.V.Zn/c1-3-2;;/h1-3H2;;. The van der Waals surface area contributed by atoms with Crippen molar-refractivity contribution in [2.45, 2.75) is 0 Å². The topological polar surface area (TPSA) is 0 Å². The molecule has 0 N–H and O–H groups in total. The fraction of sp³-hybridized carbons (Fsp3) is 0. The van der Waals surface area contributed by atoms with Gasteiger partial charge in [0, 0.05) is 47.1 Å². The minimum atomic E-state index is 0. The maximum Gasteiger partial charge on any atom is 0.0942 e. The van der Waals surface area contributed by atoms with Gasteiger partial charge in [0.2, 0.25) is 0 Å². The molecule has 0 spiro atoms. The molecule has 1 unspecified atom stereocenters. The van der Waals surface area contributed by atoms with Gasteiger partial charge in [-0.1, -0.05) is 0 Å². The van der Waals surface area contributed by atoms with Crippen molar-refractivity contribution in [3.8, 4) is 0 Å². The van der Waals surface area contributed by atoms with Crippen molar-refractivity contribution in [2.75, 3.05) is 0 Å². The van der Waals surface area contributed by atoms with E-state index in [0.717, 1.165) is 0 Å². The molecule has 0 saturated heterocycles. The van der Waals surface area contributed by atoms with Crippen molar-refractivity contribution < 1.29 is 38.0 Å². The quantitative estimate of drug-likeness (QED) is 0.323. The second-order valence-corrected chi connectivity index (χ2v) is 3.67. The van der Waals surface area contributed by atoms with Crippen LogP contribution in [0.25, 0.3) is 0 Å². The van der Waals surface area contributed by atoms with E-state index in [1.54, 1.807) is 0 Å². The Morgan fingerprint density at radius 2 is 1.60 bits per heavy atom. The molecule has 0 amide bonds. The van der Waals surface area contributed by atoms with Gasteiger partial charge in [-0.05, 0) is 0 Å². The van der Waals surface area contributed by atoms with Gasteiger partial charge < -0.3 is 0 Å². The van der Waals surface area contributed by atoms with Crippen LogP contribution in [0, 0.1) is 0 Å². The first kappa shape index (κ1) is 15.8. The number of hydrogen-bond acceptors (Lipinski definition) is 0. The zero-order valence-electron chi connectivity index (χ0n) is 3.44. The van der Waals surface area contributed by atoms with Crippen LogP contribution in [0.2, 0.25) is 0 Å². The van der Waals surface area contributed by atoms with Crippen LogP contribution in [-0.2, 0) is 38.0 Å². The summed E-state index contributed by atoms with van der Waals surface area (Å²) < 4.78 is 0. The average molecular weight is 192 g/mol. The van der Waals surface area contributed by atoms with Crippen LogP contribution >= 0.6 is 8.79 Å². The van der Waals surface area contributed by atoms with Gasteiger partial charge in [0.05, 0.1) is 7.44 Å². The van der Waals surface area contributed by atoms with Crippen molar-refractivity contribution >= 4 is 25.3 Å². The third kappa shape index (κ3) is 24.7. The molecule has 0 aliphatic carbocycles. The first-order valence-electron chi connectivity index (χ1n) is 1.12. The van der Waals surface area contributed by atoms with Crippen LogP contribution < -0.4 is 0 Å². The molecule has 0 saturated carbocycles. The molecule has 0 nitrogen and oxygen atoms in total. The summed E-state index contributed by atoms with van der Waals surface area (Å²) in [6.45, 7) is 0. The summed E-state index contributed by atoms with van der Waals surface area (Å²) in [7, 11) is 5.28. The predicted octanol–water partition coefficient (Wildman–Crippen LogP) is -1.51. The van der Waals surface area contributed by atoms with E-state index in [4.69, 9.17) is 0 Å². The van der Waals surface area contributed by atoms with Gasteiger partial charge in [0.15, 0.2) is 0 Å². The van der Waals surface area contributed by atoms with E-state index in [1.165, 1.54) is 0 Å². The monoisotopic (exact) mass is 191 g/mol. The van der Waals surface area contributed by atoms with Gasteiger partial charge in [0.25, 0.3) is 0 Å². The minimum Gasteiger partial charge on any atom is -0.163 e. The van der Waals surface area contributed by atoms with Gasteiger partial charge >= 0.3 is 0 Å². The Morgan fingerprint density at radius 3 is 1.60 bits per heavy atom. The van der Waals surface area contributed by atoms with E-state index in [9.17, 15) is 0 Å². The number of hydrogen-bond donors (Lipinski definition) is 0. The largest absolute Gasteiger partial charge is 0.163 e. The normalized spacial score (nSPS) is 5.80. The van der Waals surface area contributed by atoms with E-state index in [-0.39, 0.29) is 38.0 Å². The molecule has 1 atom stereocenters. The summed E-state index contributed by atoms with van der Waals surface area (Å²) in [5.41, 5.74) is 0. The summed E-state index contributed by atoms with van der Waals surface area (Å²) >= 11 is 0. The Kier molecular flexibility index (Phi) is 53.1. The fourth-order valence-electron chi connectivity index (χ4n) is 0. The Bertz CT molecular complexity index is 11.6. The maximum atomic E-state index is 2.72. The Morgan fingerprint density at radius 1 is 1.60 bits per heavy atom. The van der Waals surface area contributed by atoms with Gasteiger partial charge in [0.1, 0.15) is 0 Å². The summed E-state index contributed by atoms with van der Waals surface area (Å²) in [4.78, 5) is 0. The fourth-order valence-corrected chi connectivity index (χ4v) is 0. The van der Waals surface area contributed by atoms with Crippen molar-refractivity contribution in [3.05, 3.63) is 0 Å². The minimum absolute atomic E-state index is 0. The van der Waals surface area contributed by atoms with E-state index in [1.807, 2.05) is 0 Å². The molecule has 0 aliphatic heterocycles. The molecular weight excluding hydrogens is 186 g/mol. The molecule has 0 heterocycles. The Labute approximate surface area is 63.1 Å². The average Bonchev–Trinajstić information content (AvgIpc) is 0.918. The van der Waals surface area contributed by atoms with Crippen LogP contribution in [0.3, 0.4) is 0 Å². The SMILES string of the molecule is B[SiH2]P.[V].[Zn]. The summed E-state index contributed by atoms with van der Waals surface area (Å²) in [5, 5.41) is 0. The van der Waals surface area contributed by atoms with Crippen molar-refractivity contribution in [2.24, 2.45) is 0 Å². The molecule has 5 heavy (non-hydrogen) atoms. The third-order valence-corrected chi connectivity index (χ3v) is 0. The first-order chi connectivity index (χ1) is 1.41. The molecule has 1 radical (unpaired) electrons. The van der Waals surface area contributed by atoms with Crippen LogP contribution in [-0.4, -0.2) is 16.5 Å². The molecule has 0 aliphatic rings. The van der Waals surface area contributed by atoms with E-state index in [2.05, 4.69) is 16.2 Å². The van der Waals surface area contributed by atoms with Gasteiger partial charge in [-0.3, -0.25) is 0 Å². The van der Waals surface area contributed by atoms with Crippen LogP contribution in [0.4, 0.5) is 0 Å². The number of rotatable bonds is 0. The van der Waals surface area contributed by atoms with Gasteiger partial charge in [-0.2, -0.15) is 8.79 Å². The van der Waals surface area contributed by atoms with E-state index in [0.29, 0.717) is 9.06 Å². The second kappa shape index (κ2) is 16.8. The van der Waals surface area contributed by atoms with E-state index < -0.39 is 0 Å². The summed E-state index contributed by atoms with van der Waals surface area (Å²) in [6.07, 6.45) is 0. The molecule has 0 fully saturated rings. The second-order valence-electron chi connectivity index (χ2n) is 0.408. The zero-order valence-corrected chi connectivity index (χ0v) is 10.4. The molecule has 0 aromatic carbocycles. The molecule has 0 aromatic heterocycles. The molecule has 0 bridgehead atoms. The van der Waals surface area contributed by atoms with Gasteiger partial charge in [-0.25, -0.2) is 0 Å². The molecule has 0 rings (SSSR count). The summed E-state index contributed by atoms with van der Waals surface area (Å²) in [6, 6.07) is 0. The first-order valence-corrected chi connectivity index (χ1v) is 5.80. The van der Waals surface area contributed by atoms with Crippen molar-refractivity contribution in [1.29, 1.82) is 0 Å². The summed E-state index contributed by atoms with van der Waals surface area (Å²) in [5.74, 6) is 0. The van der Waals surface area contributed by atoms with Gasteiger partial charge in [-0.15, -0.1) is 0 Å². The third-order valence-electron chi connectivity index (χ3n) is 0. The zero-order chi connectivity index (χ0) is 2.71. The molecule has 0 aromatic rings. The Hall–Kier alpha value is 1.92. The van der Waals surface area contributed by atoms with Crippen LogP contribution in [0.5, 0.6) is 0 Å². The predicted molar refractivity (Wildman–Crippen MR) is 26.8 cm³/mol. The van der Waals surface area contributed by atoms with Crippen LogP contribution in [0.15, 0.2) is 0 Å². The molecule has 5 heteroatoms. The van der Waals surface area contributed by atoms with Crippen LogP contribution in [0.1, 0.15) is 0 Å². The van der Waals surface area contributed by atoms with Crippen molar-refractivity contribution in [1.82, 2.24) is 0 Å². The Balaban J connectivity index is -0.0000000200. The molecular formula is H6BPSiVZn.